The number of likely N-dealkylation sites (N-methyl/N-ethyl adjacent to an activating group) is 1. The molecule has 1 aliphatic rings. The van der Waals surface area contributed by atoms with Crippen molar-refractivity contribution in [1.82, 2.24) is 10.2 Å². The van der Waals surface area contributed by atoms with Crippen LogP contribution in [0.3, 0.4) is 0 Å². The average Bonchev–Trinajstić information content (AvgIpc) is 3.22. The van der Waals surface area contributed by atoms with Crippen molar-refractivity contribution in [2.24, 2.45) is 0 Å². The minimum absolute atomic E-state index is 0.0442. The summed E-state index contributed by atoms with van der Waals surface area (Å²) in [5, 5.41) is 11.6. The van der Waals surface area contributed by atoms with Crippen LogP contribution < -0.4 is 5.32 Å². The van der Waals surface area contributed by atoms with Gasteiger partial charge in [-0.05, 0) is 30.5 Å². The molecule has 112 valence electrons. The molecule has 2 rings (SSSR count). The van der Waals surface area contributed by atoms with Gasteiger partial charge in [-0.1, -0.05) is 12.1 Å². The standard InChI is InChI=1S/C15H18N2O4/c1-17(9-13(18)16-12-6-7-12)14(19)8-10-2-4-11(5-3-10)15(20)21/h2-5,12H,6-9H2,1H3,(H,16,18)(H,20,21). The average molecular weight is 290 g/mol. The first kappa shape index (κ1) is 15.0. The van der Waals surface area contributed by atoms with Crippen LogP contribution in [0.5, 0.6) is 0 Å². The molecule has 0 radical (unpaired) electrons. The fourth-order valence-corrected chi connectivity index (χ4v) is 1.88. The molecule has 21 heavy (non-hydrogen) atoms. The van der Waals surface area contributed by atoms with Gasteiger partial charge in [0.1, 0.15) is 0 Å². The minimum atomic E-state index is -0.998. The Balaban J connectivity index is 1.84. The number of carboxylic acids is 1. The van der Waals surface area contributed by atoms with E-state index in [1.807, 2.05) is 0 Å². The lowest BCUT2D eigenvalue weighted by Crippen LogP contribution is -2.39. The molecule has 2 N–H and O–H groups in total. The maximum absolute atomic E-state index is 12.0. The van der Waals surface area contributed by atoms with E-state index in [4.69, 9.17) is 5.11 Å². The molecule has 1 saturated carbocycles. The Morgan fingerprint density at radius 3 is 2.38 bits per heavy atom. The summed E-state index contributed by atoms with van der Waals surface area (Å²) >= 11 is 0. The van der Waals surface area contributed by atoms with E-state index in [1.54, 1.807) is 19.2 Å². The number of carbonyl (C=O) groups excluding carboxylic acids is 2. The number of hydrogen-bond donors (Lipinski definition) is 2. The van der Waals surface area contributed by atoms with E-state index in [2.05, 4.69) is 5.32 Å². The van der Waals surface area contributed by atoms with Gasteiger partial charge in [-0.3, -0.25) is 9.59 Å². The smallest absolute Gasteiger partial charge is 0.335 e. The van der Waals surface area contributed by atoms with E-state index in [0.29, 0.717) is 0 Å². The normalized spacial score (nSPS) is 13.6. The van der Waals surface area contributed by atoms with Gasteiger partial charge in [-0.2, -0.15) is 0 Å². The summed E-state index contributed by atoms with van der Waals surface area (Å²) in [6.07, 6.45) is 2.17. The predicted octanol–water partition coefficient (Wildman–Crippen LogP) is 0.664. The van der Waals surface area contributed by atoms with Gasteiger partial charge >= 0.3 is 5.97 Å². The van der Waals surface area contributed by atoms with Crippen molar-refractivity contribution in [3.8, 4) is 0 Å². The first-order valence-corrected chi connectivity index (χ1v) is 6.81. The van der Waals surface area contributed by atoms with Crippen LogP contribution in [-0.4, -0.2) is 47.4 Å². The molecule has 0 unspecified atom stereocenters. The Morgan fingerprint density at radius 2 is 1.86 bits per heavy atom. The summed E-state index contributed by atoms with van der Waals surface area (Å²) in [6.45, 7) is 0.0442. The number of amides is 2. The van der Waals surface area contributed by atoms with E-state index >= 15 is 0 Å². The first-order valence-electron chi connectivity index (χ1n) is 6.81. The van der Waals surface area contributed by atoms with E-state index in [-0.39, 0.29) is 36.4 Å². The molecule has 0 spiro atoms. The highest BCUT2D eigenvalue weighted by molar-refractivity contribution is 5.88. The molecule has 1 aromatic rings. The van der Waals surface area contributed by atoms with Crippen LogP contribution in [-0.2, 0) is 16.0 Å². The molecule has 0 aliphatic heterocycles. The monoisotopic (exact) mass is 290 g/mol. The summed E-state index contributed by atoms with van der Waals surface area (Å²) < 4.78 is 0. The maximum atomic E-state index is 12.0. The number of carbonyl (C=O) groups is 3. The van der Waals surface area contributed by atoms with Crippen molar-refractivity contribution in [2.45, 2.75) is 25.3 Å². The molecule has 0 bridgehead atoms. The number of nitrogens with zero attached hydrogens (tertiary/aromatic N) is 1. The minimum Gasteiger partial charge on any atom is -0.478 e. The molecular formula is C15H18N2O4. The second-order valence-electron chi connectivity index (χ2n) is 5.27. The highest BCUT2D eigenvalue weighted by atomic mass is 16.4. The number of aromatic carboxylic acids is 1. The van der Waals surface area contributed by atoms with Crippen LogP contribution in [0.2, 0.25) is 0 Å². The van der Waals surface area contributed by atoms with Gasteiger partial charge in [0.2, 0.25) is 11.8 Å². The number of benzene rings is 1. The number of carboxylic acid groups (broad SMARTS) is 1. The Labute approximate surface area is 122 Å². The predicted molar refractivity (Wildman–Crippen MR) is 75.9 cm³/mol. The molecule has 6 heteroatoms. The van der Waals surface area contributed by atoms with Gasteiger partial charge in [0.25, 0.3) is 0 Å². The third-order valence-electron chi connectivity index (χ3n) is 3.31. The molecule has 6 nitrogen and oxygen atoms in total. The third kappa shape index (κ3) is 4.59. The highest BCUT2D eigenvalue weighted by Crippen LogP contribution is 2.18. The van der Waals surface area contributed by atoms with Crippen LogP contribution >= 0.6 is 0 Å². The van der Waals surface area contributed by atoms with Gasteiger partial charge in [-0.25, -0.2) is 4.79 Å². The lowest BCUT2D eigenvalue weighted by molar-refractivity contribution is -0.134. The van der Waals surface area contributed by atoms with Crippen molar-refractivity contribution in [1.29, 1.82) is 0 Å². The SMILES string of the molecule is CN(CC(=O)NC1CC1)C(=O)Cc1ccc(C(=O)O)cc1. The second-order valence-corrected chi connectivity index (χ2v) is 5.27. The van der Waals surface area contributed by atoms with Gasteiger partial charge in [0, 0.05) is 13.1 Å². The van der Waals surface area contributed by atoms with E-state index in [9.17, 15) is 14.4 Å². The van der Waals surface area contributed by atoms with Gasteiger partial charge in [-0.15, -0.1) is 0 Å². The van der Waals surface area contributed by atoms with Gasteiger partial charge in [0.05, 0.1) is 18.5 Å². The zero-order valence-electron chi connectivity index (χ0n) is 11.8. The molecule has 1 fully saturated rings. The second kappa shape index (κ2) is 6.39. The van der Waals surface area contributed by atoms with Gasteiger partial charge < -0.3 is 15.3 Å². The maximum Gasteiger partial charge on any atom is 0.335 e. The lowest BCUT2D eigenvalue weighted by atomic mass is 10.1. The number of nitrogens with one attached hydrogen (secondary N) is 1. The topological polar surface area (TPSA) is 86.7 Å². The molecule has 0 saturated heterocycles. The molecule has 2 amide bonds. The van der Waals surface area contributed by atoms with Crippen LogP contribution in [0.4, 0.5) is 0 Å². The summed E-state index contributed by atoms with van der Waals surface area (Å²) in [5.41, 5.74) is 0.905. The molecule has 1 aromatic carbocycles. The summed E-state index contributed by atoms with van der Waals surface area (Å²) in [4.78, 5) is 35.7. The Morgan fingerprint density at radius 1 is 1.24 bits per heavy atom. The highest BCUT2D eigenvalue weighted by Gasteiger charge is 2.24. The fraction of sp³-hybridized carbons (Fsp3) is 0.400. The van der Waals surface area contributed by atoms with Crippen molar-refractivity contribution >= 4 is 17.8 Å². The van der Waals surface area contributed by atoms with Crippen molar-refractivity contribution < 1.29 is 19.5 Å². The fourth-order valence-electron chi connectivity index (χ4n) is 1.88. The third-order valence-corrected chi connectivity index (χ3v) is 3.31. The van der Waals surface area contributed by atoms with Gasteiger partial charge in [0.15, 0.2) is 0 Å². The largest absolute Gasteiger partial charge is 0.478 e. The van der Waals surface area contributed by atoms with E-state index < -0.39 is 5.97 Å². The zero-order valence-corrected chi connectivity index (χ0v) is 11.8. The number of hydrogen-bond acceptors (Lipinski definition) is 3. The lowest BCUT2D eigenvalue weighted by Gasteiger charge is -2.16. The van der Waals surface area contributed by atoms with Crippen LogP contribution in [0, 0.1) is 0 Å². The van der Waals surface area contributed by atoms with Crippen LogP contribution in [0.15, 0.2) is 24.3 Å². The molecular weight excluding hydrogens is 272 g/mol. The van der Waals surface area contributed by atoms with Crippen molar-refractivity contribution in [2.75, 3.05) is 13.6 Å². The molecule has 0 heterocycles. The van der Waals surface area contributed by atoms with Crippen molar-refractivity contribution in [3.63, 3.8) is 0 Å². The number of rotatable bonds is 6. The Kier molecular flexibility index (Phi) is 4.57. The van der Waals surface area contributed by atoms with Crippen molar-refractivity contribution in [3.05, 3.63) is 35.4 Å². The quantitative estimate of drug-likeness (QED) is 0.806. The van der Waals surface area contributed by atoms with Crippen LogP contribution in [0.25, 0.3) is 0 Å². The molecule has 0 aromatic heterocycles. The first-order chi connectivity index (χ1) is 9.95. The molecule has 1 aliphatic carbocycles. The molecule has 0 atom stereocenters. The van der Waals surface area contributed by atoms with E-state index in [0.717, 1.165) is 18.4 Å². The zero-order chi connectivity index (χ0) is 15.4. The van der Waals surface area contributed by atoms with Crippen LogP contribution in [0.1, 0.15) is 28.8 Å². The summed E-state index contributed by atoms with van der Waals surface area (Å²) in [6, 6.07) is 6.43. The summed E-state index contributed by atoms with van der Waals surface area (Å²) in [5.74, 6) is -1.32. The summed E-state index contributed by atoms with van der Waals surface area (Å²) in [7, 11) is 1.58. The Bertz CT molecular complexity index is 549. The Hall–Kier alpha value is -2.37. The van der Waals surface area contributed by atoms with E-state index in [1.165, 1.54) is 17.0 Å².